The van der Waals surface area contributed by atoms with Crippen molar-refractivity contribution in [3.63, 3.8) is 0 Å². The molecule has 3 heteroatoms. The summed E-state index contributed by atoms with van der Waals surface area (Å²) in [6, 6.07) is 4.08. The van der Waals surface area contributed by atoms with Gasteiger partial charge in [0.25, 0.3) is 0 Å². The molecule has 0 aromatic heterocycles. The summed E-state index contributed by atoms with van der Waals surface area (Å²) in [5.41, 5.74) is 9.85. The van der Waals surface area contributed by atoms with Crippen LogP contribution < -0.4 is 10.5 Å². The maximum Gasteiger partial charge on any atom is 0.126 e. The van der Waals surface area contributed by atoms with Crippen molar-refractivity contribution in [1.29, 1.82) is 0 Å². The average Bonchev–Trinajstić information content (AvgIpc) is 2.50. The molecule has 3 nitrogen and oxygen atoms in total. The molecule has 1 saturated carbocycles. The molecule has 1 aromatic rings. The van der Waals surface area contributed by atoms with E-state index in [-0.39, 0.29) is 11.6 Å². The Kier molecular flexibility index (Phi) is 4.95. The number of hydrogen-bond acceptors (Lipinski definition) is 3. The molecule has 1 atom stereocenters. The Labute approximate surface area is 128 Å². The molecule has 0 amide bonds. The normalized spacial score (nSPS) is 27.4. The van der Waals surface area contributed by atoms with Gasteiger partial charge in [-0.1, -0.05) is 19.1 Å². The number of rotatable bonds is 4. The minimum absolute atomic E-state index is 0.149. The summed E-state index contributed by atoms with van der Waals surface area (Å²) < 4.78 is 11.6. The molecule has 0 saturated heterocycles. The Hall–Kier alpha value is -1.06. The van der Waals surface area contributed by atoms with E-state index in [1.54, 1.807) is 14.2 Å². The first-order chi connectivity index (χ1) is 9.95. The van der Waals surface area contributed by atoms with Crippen molar-refractivity contribution in [2.45, 2.75) is 58.1 Å². The van der Waals surface area contributed by atoms with Crippen LogP contribution in [0.25, 0.3) is 0 Å². The lowest BCUT2D eigenvalue weighted by molar-refractivity contribution is -0.0675. The van der Waals surface area contributed by atoms with Crippen LogP contribution in [0.5, 0.6) is 5.75 Å². The highest BCUT2D eigenvalue weighted by atomic mass is 16.5. The van der Waals surface area contributed by atoms with Gasteiger partial charge in [-0.05, 0) is 56.6 Å². The molecule has 2 N–H and O–H groups in total. The molecular weight excluding hydrogens is 262 g/mol. The number of methoxy groups -OCH3 is 2. The molecule has 0 bridgehead atoms. The summed E-state index contributed by atoms with van der Waals surface area (Å²) in [4.78, 5) is 0. The zero-order valence-corrected chi connectivity index (χ0v) is 14.0. The van der Waals surface area contributed by atoms with Crippen molar-refractivity contribution in [1.82, 2.24) is 0 Å². The van der Waals surface area contributed by atoms with Gasteiger partial charge in [-0.15, -0.1) is 0 Å². The number of benzene rings is 1. The number of aryl methyl sites for hydroxylation is 1. The van der Waals surface area contributed by atoms with Gasteiger partial charge in [0.15, 0.2) is 0 Å². The molecular formula is C18H29NO2. The van der Waals surface area contributed by atoms with Crippen LogP contribution in [0, 0.1) is 19.8 Å². The molecule has 0 aliphatic heterocycles. The standard InChI is InChI=1S/C18H29NO2/c1-12-8-10-18(21-5,11-9-12)17(19)15-7-6-13(2)14(3)16(15)20-4/h6-7,12,17H,8-11,19H2,1-5H3. The average molecular weight is 291 g/mol. The second-order valence-electron chi connectivity index (χ2n) is 6.56. The second kappa shape index (κ2) is 6.37. The fourth-order valence-electron chi connectivity index (χ4n) is 3.50. The van der Waals surface area contributed by atoms with Gasteiger partial charge in [0.05, 0.1) is 18.8 Å². The Bertz CT molecular complexity index is 490. The molecule has 0 spiro atoms. The predicted molar refractivity (Wildman–Crippen MR) is 86.8 cm³/mol. The maximum absolute atomic E-state index is 6.65. The van der Waals surface area contributed by atoms with E-state index >= 15 is 0 Å². The monoisotopic (exact) mass is 291 g/mol. The van der Waals surface area contributed by atoms with Crippen molar-refractivity contribution >= 4 is 0 Å². The second-order valence-corrected chi connectivity index (χ2v) is 6.56. The topological polar surface area (TPSA) is 44.5 Å². The number of nitrogens with two attached hydrogens (primary N) is 1. The van der Waals surface area contributed by atoms with Crippen molar-refractivity contribution in [3.05, 3.63) is 28.8 Å². The van der Waals surface area contributed by atoms with Crippen LogP contribution in [0.15, 0.2) is 12.1 Å². The highest BCUT2D eigenvalue weighted by Gasteiger charge is 2.41. The number of ether oxygens (including phenoxy) is 2. The van der Waals surface area contributed by atoms with Crippen molar-refractivity contribution < 1.29 is 9.47 Å². The quantitative estimate of drug-likeness (QED) is 0.914. The van der Waals surface area contributed by atoms with E-state index < -0.39 is 0 Å². The van der Waals surface area contributed by atoms with E-state index in [9.17, 15) is 0 Å². The van der Waals surface area contributed by atoms with Gasteiger partial charge >= 0.3 is 0 Å². The summed E-state index contributed by atoms with van der Waals surface area (Å²) >= 11 is 0. The molecule has 0 radical (unpaired) electrons. The van der Waals surface area contributed by atoms with Gasteiger partial charge in [0.1, 0.15) is 5.75 Å². The van der Waals surface area contributed by atoms with Gasteiger partial charge < -0.3 is 15.2 Å². The minimum Gasteiger partial charge on any atom is -0.496 e. The van der Waals surface area contributed by atoms with Crippen LogP contribution in [-0.4, -0.2) is 19.8 Å². The lowest BCUT2D eigenvalue weighted by Crippen LogP contribution is -2.45. The molecule has 118 valence electrons. The molecule has 21 heavy (non-hydrogen) atoms. The zero-order chi connectivity index (χ0) is 15.6. The first-order valence-electron chi connectivity index (χ1n) is 7.90. The Morgan fingerprint density at radius 2 is 1.81 bits per heavy atom. The largest absolute Gasteiger partial charge is 0.496 e. The van der Waals surface area contributed by atoms with Crippen molar-refractivity contribution in [3.8, 4) is 5.75 Å². The minimum atomic E-state index is -0.262. The van der Waals surface area contributed by atoms with E-state index in [1.165, 1.54) is 24.0 Å². The Morgan fingerprint density at radius 3 is 2.33 bits per heavy atom. The lowest BCUT2D eigenvalue weighted by Gasteiger charge is -2.43. The molecule has 0 heterocycles. The van der Waals surface area contributed by atoms with Gasteiger partial charge in [-0.3, -0.25) is 0 Å². The van der Waals surface area contributed by atoms with Crippen LogP contribution in [-0.2, 0) is 4.74 Å². The van der Waals surface area contributed by atoms with Crippen molar-refractivity contribution in [2.24, 2.45) is 11.7 Å². The van der Waals surface area contributed by atoms with Crippen LogP contribution in [0.1, 0.15) is 55.3 Å². The smallest absolute Gasteiger partial charge is 0.126 e. The highest BCUT2D eigenvalue weighted by molar-refractivity contribution is 5.47. The van der Waals surface area contributed by atoms with Crippen LogP contribution in [0.2, 0.25) is 0 Å². The first-order valence-corrected chi connectivity index (χ1v) is 7.90. The molecule has 1 fully saturated rings. The first kappa shape index (κ1) is 16.3. The summed E-state index contributed by atoms with van der Waals surface area (Å²) in [7, 11) is 3.52. The van der Waals surface area contributed by atoms with Gasteiger partial charge in [0, 0.05) is 12.7 Å². The Morgan fingerprint density at radius 1 is 1.19 bits per heavy atom. The van der Waals surface area contributed by atoms with E-state index in [1.807, 2.05) is 0 Å². The summed E-state index contributed by atoms with van der Waals surface area (Å²) in [6.07, 6.45) is 4.38. The highest BCUT2D eigenvalue weighted by Crippen LogP contribution is 2.44. The fraction of sp³-hybridized carbons (Fsp3) is 0.667. The van der Waals surface area contributed by atoms with E-state index in [4.69, 9.17) is 15.2 Å². The third kappa shape index (κ3) is 2.95. The third-order valence-corrected chi connectivity index (χ3v) is 5.34. The molecule has 1 unspecified atom stereocenters. The molecule has 1 aliphatic rings. The SMILES string of the molecule is COc1c(C(N)C2(OC)CCC(C)CC2)ccc(C)c1C. The summed E-state index contributed by atoms with van der Waals surface area (Å²) in [6.45, 7) is 6.50. The molecule has 2 rings (SSSR count). The predicted octanol–water partition coefficient (Wildman–Crippen LogP) is 3.91. The van der Waals surface area contributed by atoms with Crippen molar-refractivity contribution in [2.75, 3.05) is 14.2 Å². The Balaban J connectivity index is 2.38. The van der Waals surface area contributed by atoms with E-state index in [0.717, 1.165) is 30.1 Å². The van der Waals surface area contributed by atoms with Gasteiger partial charge in [-0.2, -0.15) is 0 Å². The molecule has 1 aliphatic carbocycles. The summed E-state index contributed by atoms with van der Waals surface area (Å²) in [5.74, 6) is 1.68. The maximum atomic E-state index is 6.65. The zero-order valence-electron chi connectivity index (χ0n) is 14.0. The fourth-order valence-corrected chi connectivity index (χ4v) is 3.50. The number of hydrogen-bond donors (Lipinski definition) is 1. The lowest BCUT2D eigenvalue weighted by atomic mass is 9.73. The van der Waals surface area contributed by atoms with E-state index in [2.05, 4.69) is 32.9 Å². The van der Waals surface area contributed by atoms with Gasteiger partial charge in [0.2, 0.25) is 0 Å². The van der Waals surface area contributed by atoms with E-state index in [0.29, 0.717) is 0 Å². The van der Waals surface area contributed by atoms with Crippen LogP contribution in [0.4, 0.5) is 0 Å². The third-order valence-electron chi connectivity index (χ3n) is 5.34. The van der Waals surface area contributed by atoms with Crippen LogP contribution >= 0.6 is 0 Å². The van der Waals surface area contributed by atoms with Gasteiger partial charge in [-0.25, -0.2) is 0 Å². The molecule has 1 aromatic carbocycles. The van der Waals surface area contributed by atoms with Crippen LogP contribution in [0.3, 0.4) is 0 Å². The summed E-state index contributed by atoms with van der Waals surface area (Å²) in [5, 5.41) is 0.